The fourth-order valence-electron chi connectivity index (χ4n) is 2.95. The van der Waals surface area contributed by atoms with E-state index < -0.39 is 45.8 Å². The normalized spacial score (nSPS) is 26.8. The van der Waals surface area contributed by atoms with Crippen molar-refractivity contribution in [3.8, 4) is 0 Å². The fraction of sp³-hybridized carbons (Fsp3) is 0.429. The fourth-order valence-corrected chi connectivity index (χ4v) is 4.57. The maximum absolute atomic E-state index is 12.2. The molecule has 2 saturated heterocycles. The first-order chi connectivity index (χ1) is 10.7. The molecule has 2 fully saturated rings. The van der Waals surface area contributed by atoms with Gasteiger partial charge in [-0.15, -0.1) is 11.8 Å². The molecular formula is C14H16KN3O5S. The van der Waals surface area contributed by atoms with E-state index in [-0.39, 0.29) is 57.1 Å². The van der Waals surface area contributed by atoms with Gasteiger partial charge in [-0.1, -0.05) is 0 Å². The van der Waals surface area contributed by atoms with Gasteiger partial charge in [0, 0.05) is 10.9 Å². The minimum atomic E-state index is -1.08. The Morgan fingerprint density at radius 3 is 2.58 bits per heavy atom. The number of hydrogen-bond donors (Lipinski definition) is 3. The quantitative estimate of drug-likeness (QED) is 0.273. The summed E-state index contributed by atoms with van der Waals surface area (Å²) in [4.78, 5) is 51.4. The van der Waals surface area contributed by atoms with Crippen LogP contribution in [0.1, 0.15) is 24.3 Å². The zero-order chi connectivity index (χ0) is 16.9. The molecule has 0 bridgehead atoms. The molecule has 0 aliphatic carbocycles. The summed E-state index contributed by atoms with van der Waals surface area (Å²) in [6, 6.07) is 1.22. The van der Waals surface area contributed by atoms with Gasteiger partial charge in [0.15, 0.2) is 0 Å². The number of carbonyl (C=O) groups is 4. The molecule has 2 aliphatic rings. The van der Waals surface area contributed by atoms with Gasteiger partial charge in [-0.25, -0.2) is 4.79 Å². The molecule has 3 N–H and O–H groups in total. The van der Waals surface area contributed by atoms with Crippen molar-refractivity contribution in [3.63, 3.8) is 0 Å². The summed E-state index contributed by atoms with van der Waals surface area (Å²) in [6.07, 6.45) is 1.52. The van der Waals surface area contributed by atoms with Crippen LogP contribution in [-0.4, -0.2) is 112 Å². The number of β-lactam (4-membered cyclic amide) rings is 1. The summed E-state index contributed by atoms with van der Waals surface area (Å²) in [6.45, 7) is 3.48. The van der Waals surface area contributed by atoms with E-state index in [1.807, 2.05) is 0 Å². The molecule has 0 radical (unpaired) electrons. The van der Waals surface area contributed by atoms with Crippen molar-refractivity contribution < 1.29 is 24.3 Å². The number of fused-ring (bicyclic) bond motifs is 1. The molecule has 3 rings (SSSR count). The molecule has 10 heteroatoms. The predicted molar refractivity (Wildman–Crippen MR) is 87.9 cm³/mol. The number of H-pyrrole nitrogens is 1. The monoisotopic (exact) mass is 377 g/mol. The molecule has 2 aliphatic heterocycles. The van der Waals surface area contributed by atoms with E-state index in [9.17, 15) is 24.3 Å². The Bertz CT molecular complexity index is 705. The molecule has 24 heavy (non-hydrogen) atoms. The van der Waals surface area contributed by atoms with Crippen molar-refractivity contribution in [2.24, 2.45) is 0 Å². The maximum atomic E-state index is 12.2. The topological polar surface area (TPSA) is 120 Å². The zero-order valence-corrected chi connectivity index (χ0v) is 13.2. The van der Waals surface area contributed by atoms with Crippen molar-refractivity contribution >= 4 is 86.7 Å². The zero-order valence-electron chi connectivity index (χ0n) is 12.4. The molecule has 0 spiro atoms. The van der Waals surface area contributed by atoms with Crippen LogP contribution in [0.5, 0.6) is 0 Å². The average molecular weight is 377 g/mol. The third kappa shape index (κ3) is 3.11. The van der Waals surface area contributed by atoms with E-state index >= 15 is 0 Å². The van der Waals surface area contributed by atoms with Gasteiger partial charge in [0.05, 0.1) is 5.69 Å². The molecular weight excluding hydrogens is 361 g/mol. The van der Waals surface area contributed by atoms with E-state index in [0.717, 1.165) is 0 Å². The number of carboxylic acid groups (broad SMARTS) is 1. The SMILES string of the molecule is CC1(C)S[C@@H]2[C@H](NC(=O)C(=O)c3ccc[nH]3)C(=O)N2[C@H]1C(=O)O.[KH]. The van der Waals surface area contributed by atoms with Crippen molar-refractivity contribution in [3.05, 3.63) is 24.0 Å². The minimum absolute atomic E-state index is 0. The Morgan fingerprint density at radius 2 is 2.04 bits per heavy atom. The summed E-state index contributed by atoms with van der Waals surface area (Å²) in [5.41, 5.74) is 0.133. The number of nitrogens with one attached hydrogen (secondary N) is 2. The number of ketones is 1. The molecule has 0 aromatic carbocycles. The van der Waals surface area contributed by atoms with Crippen LogP contribution in [-0.2, 0) is 14.4 Å². The number of thioether (sulfide) groups is 1. The number of hydrogen-bond acceptors (Lipinski definition) is 5. The number of carboxylic acids is 1. The number of nitrogens with zero attached hydrogens (tertiary/aromatic N) is 1. The summed E-state index contributed by atoms with van der Waals surface area (Å²) in [5, 5.41) is 11.3. The molecule has 3 heterocycles. The second kappa shape index (κ2) is 6.92. The van der Waals surface area contributed by atoms with Crippen LogP contribution in [0.3, 0.4) is 0 Å². The van der Waals surface area contributed by atoms with E-state index in [1.165, 1.54) is 28.9 Å². The van der Waals surface area contributed by atoms with Gasteiger partial charge in [0.1, 0.15) is 17.5 Å². The Labute approximate surface area is 184 Å². The Hall–Kier alpha value is -0.654. The van der Waals surface area contributed by atoms with Gasteiger partial charge in [-0.2, -0.15) is 0 Å². The van der Waals surface area contributed by atoms with Gasteiger partial charge < -0.3 is 20.3 Å². The number of aromatic nitrogens is 1. The molecule has 0 unspecified atom stereocenters. The van der Waals surface area contributed by atoms with Crippen LogP contribution >= 0.6 is 11.8 Å². The number of amides is 2. The van der Waals surface area contributed by atoms with E-state index in [0.29, 0.717) is 0 Å². The summed E-state index contributed by atoms with van der Waals surface area (Å²) < 4.78 is -0.672. The standard InChI is InChI=1S/C14H15N3O5S.K.H/c1-14(2)9(13(21)22)17-11(20)7(12(17)23-14)16-10(19)8(18)6-4-3-5-15-6;;/h3-5,7,9,12,15H,1-2H3,(H,16,19)(H,21,22);;/t7-,9+,12-;;/m1../s1. The molecule has 2 amide bonds. The van der Waals surface area contributed by atoms with Gasteiger partial charge in [-0.3, -0.25) is 14.4 Å². The van der Waals surface area contributed by atoms with Crippen LogP contribution in [0.25, 0.3) is 0 Å². The van der Waals surface area contributed by atoms with Gasteiger partial charge >= 0.3 is 57.4 Å². The first kappa shape index (κ1) is 19.7. The van der Waals surface area contributed by atoms with Gasteiger partial charge in [0.25, 0.3) is 11.7 Å². The van der Waals surface area contributed by atoms with Crippen molar-refractivity contribution in [1.29, 1.82) is 0 Å². The van der Waals surface area contributed by atoms with Crippen molar-refractivity contribution in [1.82, 2.24) is 15.2 Å². The first-order valence-electron chi connectivity index (χ1n) is 6.95. The van der Waals surface area contributed by atoms with Crippen molar-refractivity contribution in [2.75, 3.05) is 0 Å². The van der Waals surface area contributed by atoms with E-state index in [1.54, 1.807) is 19.9 Å². The summed E-state index contributed by atoms with van der Waals surface area (Å²) in [7, 11) is 0. The third-order valence-electron chi connectivity index (χ3n) is 4.01. The second-order valence-corrected chi connectivity index (χ2v) is 7.73. The average Bonchev–Trinajstić information content (AvgIpc) is 3.08. The predicted octanol–water partition coefficient (Wildman–Crippen LogP) is -0.819. The third-order valence-corrected chi connectivity index (χ3v) is 5.58. The summed E-state index contributed by atoms with van der Waals surface area (Å²) >= 11 is 1.31. The molecule has 1 aromatic rings. The molecule has 124 valence electrons. The molecule has 1 aromatic heterocycles. The van der Waals surface area contributed by atoms with Crippen LogP contribution < -0.4 is 5.32 Å². The van der Waals surface area contributed by atoms with Crippen LogP contribution in [0.2, 0.25) is 0 Å². The molecule has 3 atom stereocenters. The van der Waals surface area contributed by atoms with Crippen LogP contribution in [0, 0.1) is 0 Å². The van der Waals surface area contributed by atoms with E-state index in [2.05, 4.69) is 10.3 Å². The number of carbonyl (C=O) groups excluding carboxylic acids is 3. The summed E-state index contributed by atoms with van der Waals surface area (Å²) in [5.74, 6) is -3.21. The van der Waals surface area contributed by atoms with Crippen molar-refractivity contribution in [2.45, 2.75) is 36.1 Å². The number of aromatic amines is 1. The first-order valence-corrected chi connectivity index (χ1v) is 7.83. The Morgan fingerprint density at radius 1 is 1.38 bits per heavy atom. The number of aliphatic carboxylic acids is 1. The Balaban J connectivity index is 0.00000208. The van der Waals surface area contributed by atoms with E-state index in [4.69, 9.17) is 0 Å². The second-order valence-electron chi connectivity index (χ2n) is 5.96. The van der Waals surface area contributed by atoms with Crippen LogP contribution in [0.4, 0.5) is 0 Å². The molecule has 0 saturated carbocycles. The molecule has 8 nitrogen and oxygen atoms in total. The van der Waals surface area contributed by atoms with Crippen LogP contribution in [0.15, 0.2) is 18.3 Å². The van der Waals surface area contributed by atoms with Gasteiger partial charge in [0.2, 0.25) is 5.91 Å². The van der Waals surface area contributed by atoms with Gasteiger partial charge in [-0.05, 0) is 26.0 Å². The number of Topliss-reactive ketones (excluding diaryl/α,β-unsaturated/α-hetero) is 1. The Kier molecular flexibility index (Phi) is 5.67. The number of rotatable bonds is 4.